The lowest BCUT2D eigenvalue weighted by Gasteiger charge is -2.37. The third kappa shape index (κ3) is 4.14. The zero-order valence-electron chi connectivity index (χ0n) is 11.5. The van der Waals surface area contributed by atoms with Gasteiger partial charge in [-0.3, -0.25) is 4.79 Å². The number of amides is 1. The lowest BCUT2D eigenvalue weighted by molar-refractivity contribution is -0.0498. The summed E-state index contributed by atoms with van der Waals surface area (Å²) >= 11 is 3.35. The number of nitrogens with zero attached hydrogens (tertiary/aromatic N) is 1. The number of ether oxygens (including phenoxy) is 2. The quantitative estimate of drug-likeness (QED) is 0.772. The molecule has 21 heavy (non-hydrogen) atoms. The Hall–Kier alpha value is -1.21. The van der Waals surface area contributed by atoms with E-state index in [1.165, 1.54) is 24.3 Å². The molecule has 2 rings (SSSR count). The van der Waals surface area contributed by atoms with Gasteiger partial charge in [-0.15, -0.1) is 0 Å². The molecule has 0 bridgehead atoms. The van der Waals surface area contributed by atoms with Crippen molar-refractivity contribution in [3.63, 3.8) is 0 Å². The molecule has 4 nitrogen and oxygen atoms in total. The first-order valence-electron chi connectivity index (χ1n) is 6.54. The number of carbonyl (C=O) groups is 1. The average molecular weight is 364 g/mol. The number of halogens is 3. The van der Waals surface area contributed by atoms with Crippen LogP contribution in [-0.4, -0.2) is 48.0 Å². The molecular weight excluding hydrogens is 348 g/mol. The molecule has 1 aliphatic rings. The molecule has 1 heterocycles. The Morgan fingerprint density at radius 3 is 2.71 bits per heavy atom. The fourth-order valence-electron chi connectivity index (χ4n) is 2.14. The Labute approximate surface area is 130 Å². The Morgan fingerprint density at radius 2 is 2.14 bits per heavy atom. The first-order chi connectivity index (χ1) is 10.0. The van der Waals surface area contributed by atoms with E-state index >= 15 is 0 Å². The second-order valence-electron chi connectivity index (χ2n) is 4.82. The third-order valence-electron chi connectivity index (χ3n) is 3.26. The fourth-order valence-corrected chi connectivity index (χ4v) is 2.53. The second-order valence-corrected chi connectivity index (χ2v) is 5.47. The van der Waals surface area contributed by atoms with E-state index < -0.39 is 6.61 Å². The number of benzene rings is 1. The highest BCUT2D eigenvalue weighted by atomic mass is 79.9. The van der Waals surface area contributed by atoms with Crippen molar-refractivity contribution in [1.82, 2.24) is 4.90 Å². The van der Waals surface area contributed by atoms with Crippen LogP contribution in [0, 0.1) is 0 Å². The zero-order valence-corrected chi connectivity index (χ0v) is 13.1. The SMILES string of the molecule is CC1COC(CBr)CN1C(=O)c1ccc(OC(F)F)cc1. The molecule has 1 aromatic rings. The first kappa shape index (κ1) is 16.2. The van der Waals surface area contributed by atoms with Gasteiger partial charge in [0.05, 0.1) is 18.8 Å². The molecule has 0 radical (unpaired) electrons. The highest BCUT2D eigenvalue weighted by Gasteiger charge is 2.29. The number of alkyl halides is 3. The van der Waals surface area contributed by atoms with E-state index in [0.29, 0.717) is 24.0 Å². The van der Waals surface area contributed by atoms with E-state index in [-0.39, 0.29) is 23.8 Å². The predicted molar refractivity (Wildman–Crippen MR) is 77.1 cm³/mol. The molecule has 2 atom stereocenters. The smallest absolute Gasteiger partial charge is 0.387 e. The van der Waals surface area contributed by atoms with Crippen LogP contribution in [0.4, 0.5) is 8.78 Å². The minimum atomic E-state index is -2.87. The highest BCUT2D eigenvalue weighted by molar-refractivity contribution is 9.09. The van der Waals surface area contributed by atoms with Crippen LogP contribution in [0.2, 0.25) is 0 Å². The second kappa shape index (κ2) is 7.17. The van der Waals surface area contributed by atoms with Gasteiger partial charge in [-0.05, 0) is 31.2 Å². The minimum absolute atomic E-state index is 0.0233. The van der Waals surface area contributed by atoms with Crippen molar-refractivity contribution < 1.29 is 23.0 Å². The first-order valence-corrected chi connectivity index (χ1v) is 7.66. The Bertz CT molecular complexity index is 484. The normalized spacial score (nSPS) is 22.4. The van der Waals surface area contributed by atoms with Crippen LogP contribution in [-0.2, 0) is 4.74 Å². The zero-order chi connectivity index (χ0) is 15.4. The van der Waals surface area contributed by atoms with Gasteiger partial charge in [-0.2, -0.15) is 8.78 Å². The Balaban J connectivity index is 2.07. The van der Waals surface area contributed by atoms with E-state index in [9.17, 15) is 13.6 Å². The van der Waals surface area contributed by atoms with Gasteiger partial charge in [0, 0.05) is 17.4 Å². The van der Waals surface area contributed by atoms with Crippen LogP contribution >= 0.6 is 15.9 Å². The monoisotopic (exact) mass is 363 g/mol. The van der Waals surface area contributed by atoms with E-state index in [1.807, 2.05) is 6.92 Å². The number of morpholine rings is 1. The molecule has 0 aromatic heterocycles. The molecule has 7 heteroatoms. The summed E-state index contributed by atoms with van der Waals surface area (Å²) < 4.78 is 34.0. The van der Waals surface area contributed by atoms with Gasteiger partial charge in [0.2, 0.25) is 0 Å². The van der Waals surface area contributed by atoms with Crippen LogP contribution in [0.25, 0.3) is 0 Å². The van der Waals surface area contributed by atoms with Crippen molar-refractivity contribution in [3.8, 4) is 5.75 Å². The van der Waals surface area contributed by atoms with Crippen LogP contribution in [0.15, 0.2) is 24.3 Å². The van der Waals surface area contributed by atoms with Gasteiger partial charge in [0.1, 0.15) is 5.75 Å². The Kier molecular flexibility index (Phi) is 5.52. The largest absolute Gasteiger partial charge is 0.435 e. The number of hydrogen-bond donors (Lipinski definition) is 0. The summed E-state index contributed by atoms with van der Waals surface area (Å²) in [5.41, 5.74) is 0.443. The van der Waals surface area contributed by atoms with E-state index in [0.717, 1.165) is 0 Å². The maximum Gasteiger partial charge on any atom is 0.387 e. The van der Waals surface area contributed by atoms with Gasteiger partial charge in [-0.1, -0.05) is 15.9 Å². The topological polar surface area (TPSA) is 38.8 Å². The minimum Gasteiger partial charge on any atom is -0.435 e. The molecule has 2 unspecified atom stereocenters. The summed E-state index contributed by atoms with van der Waals surface area (Å²) in [4.78, 5) is 14.2. The molecule has 0 saturated carbocycles. The van der Waals surface area contributed by atoms with Crippen molar-refractivity contribution in [1.29, 1.82) is 0 Å². The summed E-state index contributed by atoms with van der Waals surface area (Å²) in [6, 6.07) is 5.69. The summed E-state index contributed by atoms with van der Waals surface area (Å²) in [6.45, 7) is 0.0247. The average Bonchev–Trinajstić information content (AvgIpc) is 2.47. The van der Waals surface area contributed by atoms with Crippen LogP contribution < -0.4 is 4.74 Å². The number of hydrogen-bond acceptors (Lipinski definition) is 3. The molecule has 1 amide bonds. The van der Waals surface area contributed by atoms with Crippen LogP contribution in [0.1, 0.15) is 17.3 Å². The highest BCUT2D eigenvalue weighted by Crippen LogP contribution is 2.19. The van der Waals surface area contributed by atoms with Crippen LogP contribution in [0.3, 0.4) is 0 Å². The molecule has 1 fully saturated rings. The molecule has 116 valence electrons. The molecule has 0 spiro atoms. The Morgan fingerprint density at radius 1 is 1.48 bits per heavy atom. The summed E-state index contributed by atoms with van der Waals surface area (Å²) in [7, 11) is 0. The van der Waals surface area contributed by atoms with Gasteiger partial charge >= 0.3 is 6.61 Å². The third-order valence-corrected chi connectivity index (χ3v) is 3.99. The summed E-state index contributed by atoms with van der Waals surface area (Å²) in [6.07, 6.45) is -0.0356. The fraction of sp³-hybridized carbons (Fsp3) is 0.500. The van der Waals surface area contributed by atoms with E-state index in [4.69, 9.17) is 4.74 Å². The standard InChI is InChI=1S/C14H16BrF2NO3/c1-9-8-20-12(6-15)7-18(9)13(19)10-2-4-11(5-3-10)21-14(16)17/h2-5,9,12,14H,6-8H2,1H3. The van der Waals surface area contributed by atoms with Gasteiger partial charge in [0.25, 0.3) is 5.91 Å². The van der Waals surface area contributed by atoms with Crippen molar-refractivity contribution in [2.45, 2.75) is 25.7 Å². The maximum atomic E-state index is 12.5. The number of rotatable bonds is 4. The van der Waals surface area contributed by atoms with Crippen molar-refractivity contribution in [3.05, 3.63) is 29.8 Å². The molecular formula is C14H16BrF2NO3. The van der Waals surface area contributed by atoms with Gasteiger partial charge in [0.15, 0.2) is 0 Å². The van der Waals surface area contributed by atoms with Crippen molar-refractivity contribution >= 4 is 21.8 Å². The van der Waals surface area contributed by atoms with E-state index in [1.54, 1.807) is 4.90 Å². The number of carbonyl (C=O) groups excluding carboxylic acids is 1. The van der Waals surface area contributed by atoms with E-state index in [2.05, 4.69) is 20.7 Å². The molecule has 1 aromatic carbocycles. The molecule has 0 N–H and O–H groups in total. The lowest BCUT2D eigenvalue weighted by Crippen LogP contribution is -2.51. The lowest BCUT2D eigenvalue weighted by atomic mass is 10.1. The molecule has 0 aliphatic carbocycles. The summed E-state index contributed by atoms with van der Waals surface area (Å²) in [5.74, 6) is -0.102. The molecule has 1 saturated heterocycles. The van der Waals surface area contributed by atoms with Crippen molar-refractivity contribution in [2.24, 2.45) is 0 Å². The summed E-state index contributed by atoms with van der Waals surface area (Å²) in [5, 5.41) is 0.657. The van der Waals surface area contributed by atoms with Gasteiger partial charge in [-0.25, -0.2) is 0 Å². The van der Waals surface area contributed by atoms with Gasteiger partial charge < -0.3 is 14.4 Å². The maximum absolute atomic E-state index is 12.5. The van der Waals surface area contributed by atoms with Crippen LogP contribution in [0.5, 0.6) is 5.75 Å². The molecule has 1 aliphatic heterocycles. The van der Waals surface area contributed by atoms with Crippen molar-refractivity contribution in [2.75, 3.05) is 18.5 Å². The predicted octanol–water partition coefficient (Wildman–Crippen LogP) is 2.91.